The van der Waals surface area contributed by atoms with Crippen LogP contribution in [0.5, 0.6) is 0 Å². The van der Waals surface area contributed by atoms with E-state index in [1.165, 1.54) is 6.42 Å². The van der Waals surface area contributed by atoms with Crippen molar-refractivity contribution in [3.8, 4) is 0 Å². The van der Waals surface area contributed by atoms with Gasteiger partial charge in [-0.1, -0.05) is 25.3 Å². The molecule has 0 spiro atoms. The van der Waals surface area contributed by atoms with Gasteiger partial charge in [0.2, 0.25) is 11.8 Å². The fourth-order valence-corrected chi connectivity index (χ4v) is 3.79. The van der Waals surface area contributed by atoms with Crippen molar-refractivity contribution in [3.63, 3.8) is 0 Å². The van der Waals surface area contributed by atoms with Gasteiger partial charge in [-0.25, -0.2) is 0 Å². The molecule has 0 aromatic heterocycles. The number of anilines is 1. The fourth-order valence-electron chi connectivity index (χ4n) is 3.08. The zero-order valence-electron chi connectivity index (χ0n) is 13.9. The first kappa shape index (κ1) is 18.0. The molecule has 23 heavy (non-hydrogen) atoms. The van der Waals surface area contributed by atoms with Gasteiger partial charge < -0.3 is 10.2 Å². The number of aryl methyl sites for hydroxylation is 1. The smallest absolute Gasteiger partial charge is 0.223 e. The molecule has 4 nitrogen and oxygen atoms in total. The topological polar surface area (TPSA) is 49.4 Å². The van der Waals surface area contributed by atoms with Crippen LogP contribution in [-0.2, 0) is 9.59 Å². The Morgan fingerprint density at radius 3 is 2.57 bits per heavy atom. The highest BCUT2D eigenvalue weighted by molar-refractivity contribution is 9.10. The Morgan fingerprint density at radius 2 is 1.96 bits per heavy atom. The van der Waals surface area contributed by atoms with Crippen molar-refractivity contribution in [2.45, 2.75) is 46.0 Å². The van der Waals surface area contributed by atoms with E-state index in [0.717, 1.165) is 41.4 Å². The summed E-state index contributed by atoms with van der Waals surface area (Å²) in [5.41, 5.74) is 1.98. The van der Waals surface area contributed by atoms with Gasteiger partial charge in [0, 0.05) is 30.4 Å². The molecular weight excluding hydrogens is 356 g/mol. The maximum atomic E-state index is 12.2. The molecule has 1 aromatic rings. The minimum atomic E-state index is -0.0264. The second-order valence-corrected chi connectivity index (χ2v) is 7.11. The van der Waals surface area contributed by atoms with E-state index in [1.54, 1.807) is 11.8 Å². The summed E-state index contributed by atoms with van der Waals surface area (Å²) in [5, 5.41) is 2.99. The van der Waals surface area contributed by atoms with E-state index in [2.05, 4.69) is 21.2 Å². The Kier molecular flexibility index (Phi) is 6.63. The van der Waals surface area contributed by atoms with Crippen LogP contribution in [0.2, 0.25) is 0 Å². The summed E-state index contributed by atoms with van der Waals surface area (Å²) >= 11 is 3.52. The predicted octanol–water partition coefficient (Wildman–Crippen LogP) is 3.81. The first-order valence-electron chi connectivity index (χ1n) is 8.31. The average Bonchev–Trinajstić information content (AvgIpc) is 2.53. The van der Waals surface area contributed by atoms with Crippen LogP contribution in [0.3, 0.4) is 0 Å². The molecule has 1 N–H and O–H groups in total. The van der Waals surface area contributed by atoms with Crippen molar-refractivity contribution >= 4 is 33.4 Å². The number of carbonyl (C=O) groups excluding carboxylic acids is 2. The third-order valence-electron chi connectivity index (χ3n) is 4.38. The van der Waals surface area contributed by atoms with Crippen LogP contribution in [0, 0.1) is 12.8 Å². The SMILES string of the molecule is CC(=O)N(CCNC(=O)C1CCCCC1)c1ccc(C)cc1Br. The van der Waals surface area contributed by atoms with E-state index < -0.39 is 0 Å². The number of benzene rings is 1. The van der Waals surface area contributed by atoms with Crippen molar-refractivity contribution in [3.05, 3.63) is 28.2 Å². The quantitative estimate of drug-likeness (QED) is 0.843. The molecule has 0 aliphatic heterocycles. The highest BCUT2D eigenvalue weighted by Crippen LogP contribution is 2.27. The van der Waals surface area contributed by atoms with Gasteiger partial charge >= 0.3 is 0 Å². The average molecular weight is 381 g/mol. The molecule has 2 rings (SSSR count). The summed E-state index contributed by atoms with van der Waals surface area (Å²) in [6.07, 6.45) is 5.52. The zero-order valence-corrected chi connectivity index (χ0v) is 15.5. The highest BCUT2D eigenvalue weighted by Gasteiger charge is 2.21. The molecule has 1 aliphatic rings. The summed E-state index contributed by atoms with van der Waals surface area (Å²) in [6.45, 7) is 4.52. The third-order valence-corrected chi connectivity index (χ3v) is 5.02. The van der Waals surface area contributed by atoms with E-state index >= 15 is 0 Å². The van der Waals surface area contributed by atoms with Gasteiger partial charge in [0.05, 0.1) is 5.69 Å². The normalized spacial score (nSPS) is 15.3. The van der Waals surface area contributed by atoms with Crippen LogP contribution >= 0.6 is 15.9 Å². The molecule has 1 aromatic carbocycles. The third kappa shape index (κ3) is 5.06. The molecule has 0 saturated heterocycles. The first-order chi connectivity index (χ1) is 11.0. The van der Waals surface area contributed by atoms with Gasteiger partial charge in [0.25, 0.3) is 0 Å². The minimum Gasteiger partial charge on any atom is -0.354 e. The lowest BCUT2D eigenvalue weighted by molar-refractivity contribution is -0.126. The lowest BCUT2D eigenvalue weighted by atomic mass is 9.89. The van der Waals surface area contributed by atoms with Crippen LogP contribution in [0.4, 0.5) is 5.69 Å². The number of hydrogen-bond donors (Lipinski definition) is 1. The van der Waals surface area contributed by atoms with Crippen LogP contribution in [0.15, 0.2) is 22.7 Å². The lowest BCUT2D eigenvalue weighted by Crippen LogP contribution is -2.40. The van der Waals surface area contributed by atoms with Crippen molar-refractivity contribution in [1.82, 2.24) is 5.32 Å². The molecule has 0 atom stereocenters. The molecule has 0 radical (unpaired) electrons. The molecule has 1 saturated carbocycles. The molecule has 1 fully saturated rings. The molecule has 0 bridgehead atoms. The van der Waals surface area contributed by atoms with Gasteiger partial charge in [-0.05, 0) is 53.4 Å². The van der Waals surface area contributed by atoms with E-state index in [-0.39, 0.29) is 17.7 Å². The zero-order chi connectivity index (χ0) is 16.8. The lowest BCUT2D eigenvalue weighted by Gasteiger charge is -2.24. The maximum absolute atomic E-state index is 12.2. The number of nitrogens with one attached hydrogen (secondary N) is 1. The number of halogens is 1. The Hall–Kier alpha value is -1.36. The summed E-state index contributed by atoms with van der Waals surface area (Å²) < 4.78 is 0.895. The largest absolute Gasteiger partial charge is 0.354 e. The van der Waals surface area contributed by atoms with E-state index in [0.29, 0.717) is 13.1 Å². The Bertz CT molecular complexity index is 568. The van der Waals surface area contributed by atoms with Crippen molar-refractivity contribution in [2.24, 2.45) is 5.92 Å². The minimum absolute atomic E-state index is 0.0264. The Labute approximate surface area is 146 Å². The van der Waals surface area contributed by atoms with Crippen LogP contribution < -0.4 is 10.2 Å². The second-order valence-electron chi connectivity index (χ2n) is 6.25. The Morgan fingerprint density at radius 1 is 1.26 bits per heavy atom. The van der Waals surface area contributed by atoms with Crippen LogP contribution in [-0.4, -0.2) is 24.9 Å². The van der Waals surface area contributed by atoms with Gasteiger partial charge in [-0.15, -0.1) is 0 Å². The van der Waals surface area contributed by atoms with Crippen LogP contribution in [0.1, 0.15) is 44.6 Å². The van der Waals surface area contributed by atoms with E-state index in [1.807, 2.05) is 25.1 Å². The van der Waals surface area contributed by atoms with Gasteiger partial charge in [0.15, 0.2) is 0 Å². The standard InChI is InChI=1S/C18H25BrN2O2/c1-13-8-9-17(16(19)12-13)21(14(2)22)11-10-20-18(23)15-6-4-3-5-7-15/h8-9,12,15H,3-7,10-11H2,1-2H3,(H,20,23). The van der Waals surface area contributed by atoms with Crippen molar-refractivity contribution in [2.75, 3.05) is 18.0 Å². The molecule has 1 aliphatic carbocycles. The highest BCUT2D eigenvalue weighted by atomic mass is 79.9. The van der Waals surface area contributed by atoms with E-state index in [4.69, 9.17) is 0 Å². The molecule has 2 amide bonds. The predicted molar refractivity (Wildman–Crippen MR) is 96.5 cm³/mol. The maximum Gasteiger partial charge on any atom is 0.223 e. The van der Waals surface area contributed by atoms with Gasteiger partial charge in [-0.2, -0.15) is 0 Å². The van der Waals surface area contributed by atoms with Gasteiger partial charge in [0.1, 0.15) is 0 Å². The van der Waals surface area contributed by atoms with E-state index in [9.17, 15) is 9.59 Å². The molecule has 0 unspecified atom stereocenters. The summed E-state index contributed by atoms with van der Waals surface area (Å²) in [6, 6.07) is 5.91. The first-order valence-corrected chi connectivity index (χ1v) is 9.10. The number of hydrogen-bond acceptors (Lipinski definition) is 2. The summed E-state index contributed by atoms with van der Waals surface area (Å²) in [7, 11) is 0. The molecule has 0 heterocycles. The molecule has 126 valence electrons. The number of rotatable bonds is 5. The van der Waals surface area contributed by atoms with Crippen LogP contribution in [0.25, 0.3) is 0 Å². The number of amides is 2. The number of carbonyl (C=O) groups is 2. The van der Waals surface area contributed by atoms with Crippen molar-refractivity contribution in [1.29, 1.82) is 0 Å². The summed E-state index contributed by atoms with van der Waals surface area (Å²) in [4.78, 5) is 25.8. The molecular formula is C18H25BrN2O2. The fraction of sp³-hybridized carbons (Fsp3) is 0.556. The summed E-state index contributed by atoms with van der Waals surface area (Å²) in [5.74, 6) is 0.262. The monoisotopic (exact) mass is 380 g/mol. The molecule has 5 heteroatoms. The Balaban J connectivity index is 1.92. The second kappa shape index (κ2) is 8.48. The van der Waals surface area contributed by atoms with Crippen molar-refractivity contribution < 1.29 is 9.59 Å². The number of nitrogens with zero attached hydrogens (tertiary/aromatic N) is 1. The van der Waals surface area contributed by atoms with Gasteiger partial charge in [-0.3, -0.25) is 9.59 Å².